The molecule has 1 saturated heterocycles. The van der Waals surface area contributed by atoms with Gasteiger partial charge in [-0.05, 0) is 60.5 Å². The molecule has 5 nitrogen and oxygen atoms in total. The number of nitrogens with zero attached hydrogens (tertiary/aromatic N) is 3. The lowest BCUT2D eigenvalue weighted by Gasteiger charge is -2.30. The number of nitrogens with one attached hydrogen (secondary N) is 2. The van der Waals surface area contributed by atoms with Crippen LogP contribution in [0.1, 0.15) is 54.4 Å². The zero-order valence-electron chi connectivity index (χ0n) is 16.6. The molecule has 1 rings (SSSR count). The van der Waals surface area contributed by atoms with Crippen molar-refractivity contribution < 1.29 is 0 Å². The first-order valence-corrected chi connectivity index (χ1v) is 9.51. The van der Waals surface area contributed by atoms with Crippen molar-refractivity contribution in [1.29, 1.82) is 0 Å². The Balaban J connectivity index is 0.00000529. The normalized spacial score (nSPS) is 19.2. The number of hydrogen-bond donors (Lipinski definition) is 2. The average Bonchev–Trinajstić information content (AvgIpc) is 2.95. The van der Waals surface area contributed by atoms with E-state index in [1.807, 2.05) is 0 Å². The van der Waals surface area contributed by atoms with E-state index in [-0.39, 0.29) is 24.0 Å². The molecule has 1 fully saturated rings. The zero-order valence-corrected chi connectivity index (χ0v) is 19.0. The maximum Gasteiger partial charge on any atom is 0.191 e. The van der Waals surface area contributed by atoms with Crippen molar-refractivity contribution in [3.8, 4) is 0 Å². The minimum atomic E-state index is 0. The Morgan fingerprint density at radius 1 is 1.17 bits per heavy atom. The summed E-state index contributed by atoms with van der Waals surface area (Å²) in [5, 5.41) is 6.87. The zero-order chi connectivity index (χ0) is 17.2. The third kappa shape index (κ3) is 8.34. The number of rotatable bonds is 9. The van der Waals surface area contributed by atoms with Gasteiger partial charge in [0.15, 0.2) is 5.96 Å². The van der Waals surface area contributed by atoms with Crippen LogP contribution in [-0.2, 0) is 0 Å². The van der Waals surface area contributed by atoms with E-state index in [9.17, 15) is 0 Å². The molecule has 0 aromatic heterocycles. The van der Waals surface area contributed by atoms with E-state index in [0.29, 0.717) is 18.1 Å². The first-order chi connectivity index (χ1) is 11.0. The molecule has 0 aliphatic carbocycles. The minimum absolute atomic E-state index is 0. The Hall–Kier alpha value is -0.0800. The Morgan fingerprint density at radius 3 is 2.38 bits per heavy atom. The highest BCUT2D eigenvalue weighted by Crippen LogP contribution is 2.16. The maximum absolute atomic E-state index is 4.81. The second-order valence-corrected chi connectivity index (χ2v) is 7.00. The summed E-state index contributed by atoms with van der Waals surface area (Å²) in [6, 6.07) is 1.78. The van der Waals surface area contributed by atoms with Crippen LogP contribution in [-0.4, -0.2) is 73.2 Å². The van der Waals surface area contributed by atoms with Crippen LogP contribution in [0.3, 0.4) is 0 Å². The van der Waals surface area contributed by atoms with E-state index in [1.165, 1.54) is 19.4 Å². The van der Waals surface area contributed by atoms with Gasteiger partial charge in [0.05, 0.1) is 6.54 Å². The van der Waals surface area contributed by atoms with Gasteiger partial charge in [-0.2, -0.15) is 0 Å². The lowest BCUT2D eigenvalue weighted by molar-refractivity contribution is 0.178. The maximum atomic E-state index is 4.81. The largest absolute Gasteiger partial charge is 0.357 e. The molecule has 1 heterocycles. The second kappa shape index (κ2) is 13.2. The van der Waals surface area contributed by atoms with Crippen LogP contribution < -0.4 is 10.6 Å². The van der Waals surface area contributed by atoms with Gasteiger partial charge in [-0.15, -0.1) is 24.0 Å². The van der Waals surface area contributed by atoms with Crippen molar-refractivity contribution in [3.63, 3.8) is 0 Å². The Bertz CT molecular complexity index is 338. The molecule has 24 heavy (non-hydrogen) atoms. The third-order valence-electron chi connectivity index (χ3n) is 4.70. The molecule has 1 aliphatic rings. The van der Waals surface area contributed by atoms with E-state index in [1.54, 1.807) is 0 Å². The van der Waals surface area contributed by atoms with Crippen molar-refractivity contribution in [2.45, 2.75) is 72.5 Å². The fourth-order valence-electron chi connectivity index (χ4n) is 3.47. The summed E-state index contributed by atoms with van der Waals surface area (Å²) in [6.45, 7) is 19.6. The number of aliphatic imine (C=N–C) groups is 1. The standard InChI is InChI=1S/C18H39N5.HI/c1-7-19-18(20-11-13-23(15(3)4)16(5)6)21-14-17-10-9-12-22(17)8-2;/h15-17H,7-14H2,1-6H3,(H2,19,20,21);1H. The second-order valence-electron chi connectivity index (χ2n) is 7.00. The molecule has 0 aromatic rings. The van der Waals surface area contributed by atoms with Crippen molar-refractivity contribution in [3.05, 3.63) is 0 Å². The molecule has 1 aliphatic heterocycles. The summed E-state index contributed by atoms with van der Waals surface area (Å²) in [6.07, 6.45) is 2.60. The van der Waals surface area contributed by atoms with Crippen molar-refractivity contribution >= 4 is 29.9 Å². The van der Waals surface area contributed by atoms with E-state index >= 15 is 0 Å². The Morgan fingerprint density at radius 2 is 1.83 bits per heavy atom. The van der Waals surface area contributed by atoms with E-state index in [0.717, 1.165) is 38.7 Å². The van der Waals surface area contributed by atoms with Gasteiger partial charge in [0, 0.05) is 37.8 Å². The third-order valence-corrected chi connectivity index (χ3v) is 4.70. The monoisotopic (exact) mass is 453 g/mol. The summed E-state index contributed by atoms with van der Waals surface area (Å²) < 4.78 is 0. The SMILES string of the molecule is CCNC(=NCC1CCCN1CC)NCCN(C(C)C)C(C)C.I. The highest BCUT2D eigenvalue weighted by molar-refractivity contribution is 14.0. The summed E-state index contributed by atoms with van der Waals surface area (Å²) in [7, 11) is 0. The molecule has 1 atom stereocenters. The molecule has 144 valence electrons. The van der Waals surface area contributed by atoms with Crippen LogP contribution >= 0.6 is 24.0 Å². The van der Waals surface area contributed by atoms with Gasteiger partial charge >= 0.3 is 0 Å². The van der Waals surface area contributed by atoms with Crippen LogP contribution in [0.5, 0.6) is 0 Å². The van der Waals surface area contributed by atoms with Crippen LogP contribution in [0.4, 0.5) is 0 Å². The topological polar surface area (TPSA) is 42.9 Å². The molecule has 1 unspecified atom stereocenters. The Labute approximate surface area is 167 Å². The quantitative estimate of drug-likeness (QED) is 0.320. The predicted octanol–water partition coefficient (Wildman–Crippen LogP) is 2.76. The molecule has 0 bridgehead atoms. The highest BCUT2D eigenvalue weighted by atomic mass is 127. The first-order valence-electron chi connectivity index (χ1n) is 9.51. The molecule has 2 N–H and O–H groups in total. The summed E-state index contributed by atoms with van der Waals surface area (Å²) >= 11 is 0. The first kappa shape index (κ1) is 23.9. The van der Waals surface area contributed by atoms with Crippen molar-refractivity contribution in [2.75, 3.05) is 39.3 Å². The molecule has 0 saturated carbocycles. The summed E-state index contributed by atoms with van der Waals surface area (Å²) in [4.78, 5) is 9.87. The minimum Gasteiger partial charge on any atom is -0.357 e. The number of likely N-dealkylation sites (N-methyl/N-ethyl adjacent to an activating group) is 1. The summed E-state index contributed by atoms with van der Waals surface area (Å²) in [5.74, 6) is 0.961. The number of halogens is 1. The van der Waals surface area contributed by atoms with Crippen LogP contribution in [0.2, 0.25) is 0 Å². The lowest BCUT2D eigenvalue weighted by atomic mass is 10.2. The fraction of sp³-hybridized carbons (Fsp3) is 0.944. The molecule has 6 heteroatoms. The molecule has 0 aromatic carbocycles. The van der Waals surface area contributed by atoms with Crippen LogP contribution in [0.15, 0.2) is 4.99 Å². The van der Waals surface area contributed by atoms with Gasteiger partial charge in [0.25, 0.3) is 0 Å². The number of hydrogen-bond acceptors (Lipinski definition) is 3. The number of likely N-dealkylation sites (tertiary alicyclic amines) is 1. The molecule has 0 radical (unpaired) electrons. The fourth-order valence-corrected chi connectivity index (χ4v) is 3.47. The van der Waals surface area contributed by atoms with Crippen LogP contribution in [0.25, 0.3) is 0 Å². The van der Waals surface area contributed by atoms with Gasteiger partial charge in [-0.3, -0.25) is 14.8 Å². The van der Waals surface area contributed by atoms with Crippen LogP contribution in [0, 0.1) is 0 Å². The molecular formula is C18H40IN5. The Kier molecular flexibility index (Phi) is 13.1. The van der Waals surface area contributed by atoms with E-state index in [4.69, 9.17) is 4.99 Å². The molecular weight excluding hydrogens is 413 g/mol. The highest BCUT2D eigenvalue weighted by Gasteiger charge is 2.22. The van der Waals surface area contributed by atoms with Gasteiger partial charge < -0.3 is 10.6 Å². The molecule has 0 spiro atoms. The van der Waals surface area contributed by atoms with Crippen molar-refractivity contribution in [1.82, 2.24) is 20.4 Å². The van der Waals surface area contributed by atoms with Gasteiger partial charge in [0.1, 0.15) is 0 Å². The average molecular weight is 453 g/mol. The predicted molar refractivity (Wildman–Crippen MR) is 117 cm³/mol. The summed E-state index contributed by atoms with van der Waals surface area (Å²) in [5.41, 5.74) is 0. The van der Waals surface area contributed by atoms with E-state index in [2.05, 4.69) is 62.0 Å². The van der Waals surface area contributed by atoms with Gasteiger partial charge in [-0.25, -0.2) is 0 Å². The smallest absolute Gasteiger partial charge is 0.191 e. The van der Waals surface area contributed by atoms with Crippen molar-refractivity contribution in [2.24, 2.45) is 4.99 Å². The van der Waals surface area contributed by atoms with Gasteiger partial charge in [-0.1, -0.05) is 6.92 Å². The lowest BCUT2D eigenvalue weighted by Crippen LogP contribution is -2.45. The molecule has 0 amide bonds. The van der Waals surface area contributed by atoms with E-state index < -0.39 is 0 Å². The van der Waals surface area contributed by atoms with Gasteiger partial charge in [0.2, 0.25) is 0 Å². The number of guanidine groups is 1.